The van der Waals surface area contributed by atoms with Crippen LogP contribution in [0.5, 0.6) is 0 Å². The van der Waals surface area contributed by atoms with E-state index in [4.69, 9.17) is 10.5 Å². The van der Waals surface area contributed by atoms with Crippen LogP contribution in [0, 0.1) is 0 Å². The quantitative estimate of drug-likeness (QED) is 0.838. The van der Waals surface area contributed by atoms with Crippen LogP contribution in [0.15, 0.2) is 0 Å². The highest BCUT2D eigenvalue weighted by Gasteiger charge is 2.13. The number of rotatable bonds is 6. The van der Waals surface area contributed by atoms with Gasteiger partial charge in [0.05, 0.1) is 12.3 Å². The van der Waals surface area contributed by atoms with E-state index in [1.165, 1.54) is 0 Å². The molecule has 0 radical (unpaired) electrons. The zero-order chi connectivity index (χ0) is 11.3. The standard InChI is InChI=1S/C10H18N2OS2/c1-4-14-6-9-12-8(5-13-3)10(15-9)7(2)11/h7H,4-6,11H2,1-3H3. The summed E-state index contributed by atoms with van der Waals surface area (Å²) in [5.74, 6) is 2.09. The number of aromatic nitrogens is 1. The fourth-order valence-electron chi connectivity index (χ4n) is 1.26. The van der Waals surface area contributed by atoms with E-state index in [1.54, 1.807) is 18.4 Å². The zero-order valence-corrected chi connectivity index (χ0v) is 11.1. The van der Waals surface area contributed by atoms with Gasteiger partial charge in [-0.3, -0.25) is 0 Å². The molecule has 2 N–H and O–H groups in total. The molecule has 0 aliphatic heterocycles. The second-order valence-electron chi connectivity index (χ2n) is 3.28. The molecule has 1 rings (SSSR count). The molecule has 1 aromatic heterocycles. The summed E-state index contributed by atoms with van der Waals surface area (Å²) in [6.45, 7) is 4.70. The third-order valence-corrected chi connectivity index (χ3v) is 4.26. The van der Waals surface area contributed by atoms with E-state index in [0.29, 0.717) is 6.61 Å². The molecular formula is C10H18N2OS2. The number of thiazole rings is 1. The van der Waals surface area contributed by atoms with Crippen molar-refractivity contribution in [2.45, 2.75) is 32.2 Å². The van der Waals surface area contributed by atoms with Gasteiger partial charge in [-0.25, -0.2) is 4.98 Å². The number of nitrogens with zero attached hydrogens (tertiary/aromatic N) is 1. The third-order valence-electron chi connectivity index (χ3n) is 1.90. The molecule has 1 heterocycles. The first-order valence-corrected chi connectivity index (χ1v) is 6.96. The van der Waals surface area contributed by atoms with Crippen LogP contribution in [0.3, 0.4) is 0 Å². The fourth-order valence-corrected chi connectivity index (χ4v) is 3.01. The van der Waals surface area contributed by atoms with Gasteiger partial charge < -0.3 is 10.5 Å². The van der Waals surface area contributed by atoms with Crippen LogP contribution in [0.4, 0.5) is 0 Å². The van der Waals surface area contributed by atoms with Crippen LogP contribution >= 0.6 is 23.1 Å². The van der Waals surface area contributed by atoms with Crippen LogP contribution in [-0.4, -0.2) is 17.8 Å². The minimum absolute atomic E-state index is 0.0491. The van der Waals surface area contributed by atoms with Gasteiger partial charge in [0.1, 0.15) is 5.01 Å². The molecule has 1 aromatic rings. The molecule has 15 heavy (non-hydrogen) atoms. The van der Waals surface area contributed by atoms with Crippen molar-refractivity contribution in [3.8, 4) is 0 Å². The maximum absolute atomic E-state index is 5.89. The highest BCUT2D eigenvalue weighted by atomic mass is 32.2. The van der Waals surface area contributed by atoms with Gasteiger partial charge >= 0.3 is 0 Å². The van der Waals surface area contributed by atoms with Crippen molar-refractivity contribution >= 4 is 23.1 Å². The molecule has 86 valence electrons. The maximum atomic E-state index is 5.89. The molecule has 0 fully saturated rings. The summed E-state index contributed by atoms with van der Waals surface area (Å²) in [5, 5.41) is 1.15. The van der Waals surface area contributed by atoms with Crippen LogP contribution in [0.25, 0.3) is 0 Å². The Morgan fingerprint density at radius 1 is 1.60 bits per heavy atom. The van der Waals surface area contributed by atoms with Crippen molar-refractivity contribution in [1.82, 2.24) is 4.98 Å². The minimum Gasteiger partial charge on any atom is -0.378 e. The molecule has 0 bridgehead atoms. The highest BCUT2D eigenvalue weighted by Crippen LogP contribution is 2.27. The minimum atomic E-state index is 0.0491. The number of hydrogen-bond donors (Lipinski definition) is 1. The SMILES string of the molecule is CCSCc1nc(COC)c(C(C)N)s1. The summed E-state index contributed by atoms with van der Waals surface area (Å²) in [6.07, 6.45) is 0. The summed E-state index contributed by atoms with van der Waals surface area (Å²) in [6, 6.07) is 0.0491. The normalized spacial score (nSPS) is 13.1. The topological polar surface area (TPSA) is 48.1 Å². The average molecular weight is 246 g/mol. The van der Waals surface area contributed by atoms with Crippen molar-refractivity contribution in [3.05, 3.63) is 15.6 Å². The van der Waals surface area contributed by atoms with E-state index in [1.807, 2.05) is 18.7 Å². The van der Waals surface area contributed by atoms with Crippen LogP contribution in [0.1, 0.15) is 35.5 Å². The molecule has 5 heteroatoms. The summed E-state index contributed by atoms with van der Waals surface area (Å²) in [5.41, 5.74) is 6.90. The molecule has 1 unspecified atom stereocenters. The van der Waals surface area contributed by atoms with E-state index in [0.717, 1.165) is 27.1 Å². The summed E-state index contributed by atoms with van der Waals surface area (Å²) >= 11 is 3.59. The Labute approximate surface area is 99.4 Å². The number of ether oxygens (including phenoxy) is 1. The Balaban J connectivity index is 2.78. The van der Waals surface area contributed by atoms with E-state index in [-0.39, 0.29) is 6.04 Å². The predicted octanol–water partition coefficient (Wildman–Crippen LogP) is 2.56. The second kappa shape index (κ2) is 6.48. The van der Waals surface area contributed by atoms with Gasteiger partial charge in [-0.1, -0.05) is 6.92 Å². The van der Waals surface area contributed by atoms with Crippen LogP contribution in [-0.2, 0) is 17.1 Å². The van der Waals surface area contributed by atoms with Gasteiger partial charge in [-0.05, 0) is 12.7 Å². The molecular weight excluding hydrogens is 228 g/mol. The van der Waals surface area contributed by atoms with E-state index in [9.17, 15) is 0 Å². The summed E-state index contributed by atoms with van der Waals surface area (Å²) in [4.78, 5) is 5.71. The Morgan fingerprint density at radius 2 is 2.33 bits per heavy atom. The largest absolute Gasteiger partial charge is 0.378 e. The first-order valence-electron chi connectivity index (χ1n) is 4.99. The smallest absolute Gasteiger partial charge is 0.103 e. The summed E-state index contributed by atoms with van der Waals surface area (Å²) < 4.78 is 5.12. The lowest BCUT2D eigenvalue weighted by Crippen LogP contribution is -2.06. The lowest BCUT2D eigenvalue weighted by molar-refractivity contribution is 0.181. The molecule has 0 saturated carbocycles. The molecule has 0 aromatic carbocycles. The van der Waals surface area contributed by atoms with E-state index in [2.05, 4.69) is 11.9 Å². The monoisotopic (exact) mass is 246 g/mol. The van der Waals surface area contributed by atoms with Crippen molar-refractivity contribution in [1.29, 1.82) is 0 Å². The van der Waals surface area contributed by atoms with Crippen molar-refractivity contribution in [2.75, 3.05) is 12.9 Å². The Hall–Kier alpha value is -0.100. The van der Waals surface area contributed by atoms with E-state index >= 15 is 0 Å². The molecule has 0 saturated heterocycles. The molecule has 0 amide bonds. The average Bonchev–Trinajstić information content (AvgIpc) is 2.59. The van der Waals surface area contributed by atoms with Gasteiger partial charge in [-0.2, -0.15) is 11.8 Å². The van der Waals surface area contributed by atoms with Crippen molar-refractivity contribution in [3.63, 3.8) is 0 Å². The Bertz CT molecular complexity index is 300. The van der Waals surface area contributed by atoms with Gasteiger partial charge in [-0.15, -0.1) is 11.3 Å². The molecule has 3 nitrogen and oxygen atoms in total. The molecule has 0 aliphatic rings. The first-order chi connectivity index (χ1) is 7.19. The van der Waals surface area contributed by atoms with Gasteiger partial charge in [0.2, 0.25) is 0 Å². The van der Waals surface area contributed by atoms with Gasteiger partial charge in [0.15, 0.2) is 0 Å². The lowest BCUT2D eigenvalue weighted by atomic mass is 10.2. The lowest BCUT2D eigenvalue weighted by Gasteiger charge is -2.03. The van der Waals surface area contributed by atoms with Crippen LogP contribution in [0.2, 0.25) is 0 Å². The first kappa shape index (κ1) is 13.0. The predicted molar refractivity (Wildman–Crippen MR) is 67.3 cm³/mol. The molecule has 0 spiro atoms. The third kappa shape index (κ3) is 3.75. The Morgan fingerprint density at radius 3 is 2.87 bits per heavy atom. The van der Waals surface area contributed by atoms with Gasteiger partial charge in [0.25, 0.3) is 0 Å². The second-order valence-corrected chi connectivity index (χ2v) is 5.67. The number of thioether (sulfide) groups is 1. The molecule has 0 aliphatic carbocycles. The highest BCUT2D eigenvalue weighted by molar-refractivity contribution is 7.98. The summed E-state index contributed by atoms with van der Waals surface area (Å²) in [7, 11) is 1.69. The van der Waals surface area contributed by atoms with Crippen LogP contribution < -0.4 is 5.73 Å². The Kier molecular flexibility index (Phi) is 5.60. The van der Waals surface area contributed by atoms with Crippen molar-refractivity contribution in [2.24, 2.45) is 5.73 Å². The number of methoxy groups -OCH3 is 1. The van der Waals surface area contributed by atoms with Gasteiger partial charge in [0, 0.05) is 23.8 Å². The van der Waals surface area contributed by atoms with Crippen molar-refractivity contribution < 1.29 is 4.74 Å². The fraction of sp³-hybridized carbons (Fsp3) is 0.700. The van der Waals surface area contributed by atoms with E-state index < -0.39 is 0 Å². The molecule has 1 atom stereocenters. The number of hydrogen-bond acceptors (Lipinski definition) is 5. The zero-order valence-electron chi connectivity index (χ0n) is 9.45. The number of nitrogens with two attached hydrogens (primary N) is 1. The maximum Gasteiger partial charge on any atom is 0.103 e.